The van der Waals surface area contributed by atoms with E-state index in [1.807, 2.05) is 4.72 Å². The molecule has 39 heavy (non-hydrogen) atoms. The van der Waals surface area contributed by atoms with E-state index in [0.29, 0.717) is 0 Å². The molecule has 1 aliphatic rings. The molecule has 1 unspecified atom stereocenters. The number of carboxylic acids is 1. The largest absolute Gasteiger partial charge is 0.480 e. The number of fused-ring (bicyclic) bond motifs is 1. The molecule has 0 spiro atoms. The molecule has 3 aromatic rings. The van der Waals surface area contributed by atoms with Gasteiger partial charge in [0.1, 0.15) is 17.2 Å². The average molecular weight is 599 g/mol. The normalized spacial score (nSPS) is 15.1. The van der Waals surface area contributed by atoms with E-state index in [1.54, 1.807) is 29.9 Å². The first-order valence-corrected chi connectivity index (χ1v) is 14.4. The van der Waals surface area contributed by atoms with Crippen molar-refractivity contribution >= 4 is 56.0 Å². The molecule has 12 nitrogen and oxygen atoms in total. The van der Waals surface area contributed by atoms with Gasteiger partial charge in [0.05, 0.1) is 21.3 Å². The second-order valence-corrected chi connectivity index (χ2v) is 11.4. The highest BCUT2D eigenvalue weighted by Gasteiger charge is 2.29. The molecule has 1 atom stereocenters. The van der Waals surface area contributed by atoms with Crippen molar-refractivity contribution in [2.45, 2.75) is 30.1 Å². The molecule has 4 rings (SSSR count). The maximum Gasteiger partial charge on any atom is 0.323 e. The van der Waals surface area contributed by atoms with Gasteiger partial charge in [-0.2, -0.15) is 9.82 Å². The van der Waals surface area contributed by atoms with Crippen molar-refractivity contribution in [3.63, 3.8) is 0 Å². The molecular formula is C24H29Cl2N7O5S. The molecule has 1 aromatic heterocycles. The second-order valence-electron chi connectivity index (χ2n) is 8.97. The van der Waals surface area contributed by atoms with Crippen molar-refractivity contribution in [2.75, 3.05) is 26.2 Å². The van der Waals surface area contributed by atoms with E-state index in [2.05, 4.69) is 26.4 Å². The maximum absolute atomic E-state index is 12.8. The zero-order valence-electron chi connectivity index (χ0n) is 21.0. The summed E-state index contributed by atoms with van der Waals surface area (Å²) in [6.07, 6.45) is 1.75. The fraction of sp³-hybridized carbons (Fsp3) is 0.375. The summed E-state index contributed by atoms with van der Waals surface area (Å²) in [5, 5.41) is 27.2. The number of hydrogen-bond donors (Lipinski definition) is 6. The average Bonchev–Trinajstić information content (AvgIpc) is 3.51. The van der Waals surface area contributed by atoms with Crippen LogP contribution in [0.25, 0.3) is 10.9 Å². The van der Waals surface area contributed by atoms with Gasteiger partial charge in [0.15, 0.2) is 0 Å². The van der Waals surface area contributed by atoms with Gasteiger partial charge in [-0.3, -0.25) is 30.2 Å². The Bertz CT molecular complexity index is 1450. The number of carboxylic acid groups (broad SMARTS) is 1. The number of carbonyl (C=O) groups is 2. The highest BCUT2D eigenvalue weighted by Crippen LogP contribution is 2.29. The van der Waals surface area contributed by atoms with E-state index in [1.165, 1.54) is 18.2 Å². The number of sulfonamides is 1. The highest BCUT2D eigenvalue weighted by atomic mass is 35.5. The summed E-state index contributed by atoms with van der Waals surface area (Å²) in [5.74, 6) is -2.05. The smallest absolute Gasteiger partial charge is 0.323 e. The first-order valence-electron chi connectivity index (χ1n) is 12.2. The van der Waals surface area contributed by atoms with E-state index < -0.39 is 39.4 Å². The fourth-order valence-corrected chi connectivity index (χ4v) is 6.60. The van der Waals surface area contributed by atoms with Gasteiger partial charge in [-0.05, 0) is 43.7 Å². The third kappa shape index (κ3) is 7.06. The van der Waals surface area contributed by atoms with Gasteiger partial charge in [-0.15, -0.1) is 0 Å². The topological polar surface area (TPSA) is 166 Å². The van der Waals surface area contributed by atoms with Crippen LogP contribution in [0, 0.1) is 0 Å². The highest BCUT2D eigenvalue weighted by molar-refractivity contribution is 7.89. The number of amides is 1. The van der Waals surface area contributed by atoms with E-state index in [4.69, 9.17) is 23.2 Å². The fourth-order valence-electron chi connectivity index (χ4n) is 4.27. The van der Waals surface area contributed by atoms with Gasteiger partial charge in [0.25, 0.3) is 5.91 Å². The molecule has 2 aromatic carbocycles. The SMILES string of the molecule is Cn1nc(CCCNC2NCCN2)c2ccc(C(=O)NCC(NS(=O)(=O)c3c(Cl)cccc3Cl)C(=O)O)cc21. The first-order chi connectivity index (χ1) is 18.6. The van der Waals surface area contributed by atoms with Gasteiger partial charge in [0.2, 0.25) is 10.0 Å². The van der Waals surface area contributed by atoms with Crippen molar-refractivity contribution in [1.82, 2.24) is 35.8 Å². The Labute approximate surface area is 235 Å². The Balaban J connectivity index is 1.39. The van der Waals surface area contributed by atoms with Crippen LogP contribution in [-0.4, -0.2) is 73.7 Å². The zero-order valence-corrected chi connectivity index (χ0v) is 23.3. The molecule has 1 aliphatic heterocycles. The molecule has 0 aliphatic carbocycles. The summed E-state index contributed by atoms with van der Waals surface area (Å²) >= 11 is 11.9. The molecular weight excluding hydrogens is 569 g/mol. The maximum atomic E-state index is 12.8. The van der Waals surface area contributed by atoms with Crippen LogP contribution in [0.2, 0.25) is 10.0 Å². The van der Waals surface area contributed by atoms with E-state index in [-0.39, 0.29) is 21.9 Å². The van der Waals surface area contributed by atoms with Gasteiger partial charge >= 0.3 is 5.97 Å². The minimum absolute atomic E-state index is 0.122. The Morgan fingerprint density at radius 1 is 1.18 bits per heavy atom. The van der Waals surface area contributed by atoms with Crippen LogP contribution in [0.15, 0.2) is 41.3 Å². The van der Waals surface area contributed by atoms with Crippen LogP contribution in [0.1, 0.15) is 22.5 Å². The van der Waals surface area contributed by atoms with Crippen molar-refractivity contribution in [1.29, 1.82) is 0 Å². The summed E-state index contributed by atoms with van der Waals surface area (Å²) in [6, 6.07) is 7.53. The minimum Gasteiger partial charge on any atom is -0.480 e. The molecule has 0 saturated carbocycles. The number of nitrogens with zero attached hydrogens (tertiary/aromatic N) is 2. The van der Waals surface area contributed by atoms with Crippen LogP contribution in [0.4, 0.5) is 0 Å². The minimum atomic E-state index is -4.39. The van der Waals surface area contributed by atoms with Crippen LogP contribution >= 0.6 is 23.2 Å². The number of benzene rings is 2. The molecule has 1 amide bonds. The molecule has 210 valence electrons. The lowest BCUT2D eigenvalue weighted by Crippen LogP contribution is -2.48. The number of nitrogens with one attached hydrogen (secondary N) is 5. The quantitative estimate of drug-likeness (QED) is 0.167. The lowest BCUT2D eigenvalue weighted by Gasteiger charge is -2.17. The molecule has 6 N–H and O–H groups in total. The van der Waals surface area contributed by atoms with Gasteiger partial charge in [0, 0.05) is 37.6 Å². The van der Waals surface area contributed by atoms with Crippen LogP contribution < -0.4 is 26.0 Å². The van der Waals surface area contributed by atoms with E-state index in [9.17, 15) is 23.1 Å². The standard InChI is InChI=1S/C24H29Cl2N7O5S/c1-33-20-12-14(7-8-15(20)18(31-33)6-3-9-27-24-28-10-11-29-24)22(34)30-13-19(23(35)36)32-39(37,38)21-16(25)4-2-5-17(21)26/h2,4-5,7-8,12,19,24,27-29,32H,3,6,9-11,13H2,1H3,(H,30,34)(H,35,36). The van der Waals surface area contributed by atoms with Crippen LogP contribution in [0.3, 0.4) is 0 Å². The Morgan fingerprint density at radius 3 is 2.54 bits per heavy atom. The number of hydrogen-bond acceptors (Lipinski definition) is 8. The van der Waals surface area contributed by atoms with Gasteiger partial charge in [-0.25, -0.2) is 8.42 Å². The summed E-state index contributed by atoms with van der Waals surface area (Å²) in [4.78, 5) is 24.2. The summed E-state index contributed by atoms with van der Waals surface area (Å²) in [6.45, 7) is 2.16. The number of aliphatic carboxylic acids is 1. The monoisotopic (exact) mass is 597 g/mol. The second kappa shape index (κ2) is 12.6. The molecule has 2 heterocycles. The zero-order chi connectivity index (χ0) is 28.2. The number of rotatable bonds is 12. The summed E-state index contributed by atoms with van der Waals surface area (Å²) in [5.41, 5.74) is 1.93. The molecule has 1 fully saturated rings. The molecule has 0 bridgehead atoms. The third-order valence-corrected chi connectivity index (χ3v) is 8.63. The number of aromatic nitrogens is 2. The van der Waals surface area contributed by atoms with E-state index >= 15 is 0 Å². The number of halogens is 2. The lowest BCUT2D eigenvalue weighted by molar-refractivity contribution is -0.138. The predicted molar refractivity (Wildman–Crippen MR) is 147 cm³/mol. The summed E-state index contributed by atoms with van der Waals surface area (Å²) < 4.78 is 29.3. The predicted octanol–water partition coefficient (Wildman–Crippen LogP) is 1.04. The van der Waals surface area contributed by atoms with E-state index in [0.717, 1.165) is 49.1 Å². The van der Waals surface area contributed by atoms with Crippen molar-refractivity contribution in [2.24, 2.45) is 7.05 Å². The lowest BCUT2D eigenvalue weighted by atomic mass is 10.1. The number of carbonyl (C=O) groups excluding carboxylic acids is 1. The van der Waals surface area contributed by atoms with Crippen LogP contribution in [-0.2, 0) is 28.3 Å². The van der Waals surface area contributed by atoms with Crippen molar-refractivity contribution < 1.29 is 23.1 Å². The van der Waals surface area contributed by atoms with Gasteiger partial charge in [-0.1, -0.05) is 35.3 Å². The molecule has 0 radical (unpaired) electrons. The Hall–Kier alpha value is -2.78. The Kier molecular flexibility index (Phi) is 9.43. The number of aryl methyl sites for hydroxylation is 2. The summed E-state index contributed by atoms with van der Waals surface area (Å²) in [7, 11) is -2.61. The van der Waals surface area contributed by atoms with Crippen LogP contribution in [0.5, 0.6) is 0 Å². The van der Waals surface area contributed by atoms with Crippen molar-refractivity contribution in [3.05, 3.63) is 57.7 Å². The Morgan fingerprint density at radius 2 is 1.87 bits per heavy atom. The van der Waals surface area contributed by atoms with Gasteiger partial charge < -0.3 is 10.4 Å². The molecule has 15 heteroatoms. The molecule has 1 saturated heterocycles. The third-order valence-electron chi connectivity index (χ3n) is 6.20. The van der Waals surface area contributed by atoms with Crippen molar-refractivity contribution in [3.8, 4) is 0 Å². The first kappa shape index (κ1) is 29.2.